The van der Waals surface area contributed by atoms with Gasteiger partial charge in [0.2, 0.25) is 5.43 Å². The van der Waals surface area contributed by atoms with Crippen LogP contribution in [-0.4, -0.2) is 21.3 Å². The molecule has 3 aromatic carbocycles. The topological polar surface area (TPSA) is 96.4 Å². The molecule has 1 atom stereocenters. The van der Waals surface area contributed by atoms with Gasteiger partial charge in [0.15, 0.2) is 23.1 Å². The van der Waals surface area contributed by atoms with E-state index in [4.69, 9.17) is 16.3 Å². The number of carbonyl (C=O) groups is 1. The Morgan fingerprint density at radius 2 is 1.73 bits per heavy atom. The van der Waals surface area contributed by atoms with Gasteiger partial charge in [-0.3, -0.25) is 9.59 Å². The maximum absolute atomic E-state index is 15.0. The van der Waals surface area contributed by atoms with Crippen molar-refractivity contribution in [2.45, 2.75) is 0 Å². The quantitative estimate of drug-likeness (QED) is 0.153. The van der Waals surface area contributed by atoms with Crippen molar-refractivity contribution >= 4 is 43.7 Å². The minimum absolute atomic E-state index is 0.0837. The number of hydrogen-bond acceptors (Lipinski definition) is 5. The van der Waals surface area contributed by atoms with Gasteiger partial charge in [0.25, 0.3) is 5.91 Å². The maximum Gasteiger partial charge on any atom is 0.261 e. The lowest BCUT2D eigenvalue weighted by Gasteiger charge is -2.11. The average molecular weight is 589 g/mol. The molecule has 2 aromatic heterocycles. The Morgan fingerprint density at radius 3 is 2.46 bits per heavy atom. The van der Waals surface area contributed by atoms with E-state index in [1.165, 1.54) is 61.1 Å². The molecule has 0 bridgehead atoms. The molecule has 5 rings (SSSR count). The Kier molecular flexibility index (Phi) is 8.29. The number of rotatable bonds is 7. The van der Waals surface area contributed by atoms with Gasteiger partial charge < -0.3 is 15.0 Å². The molecule has 5 aromatic rings. The monoisotopic (exact) mass is 588 g/mol. The van der Waals surface area contributed by atoms with Gasteiger partial charge in [0.05, 0.1) is 5.45 Å². The molecule has 0 aliphatic heterocycles. The second-order valence-electron chi connectivity index (χ2n) is 8.63. The molecule has 0 aliphatic rings. The van der Waals surface area contributed by atoms with E-state index >= 15 is 0 Å². The van der Waals surface area contributed by atoms with Gasteiger partial charge in [-0.05, 0) is 35.4 Å². The number of H-pyrrole nitrogens is 1. The molecule has 1 unspecified atom stereocenters. The van der Waals surface area contributed by atoms with Crippen molar-refractivity contribution in [1.82, 2.24) is 9.97 Å². The van der Waals surface area contributed by atoms with E-state index in [9.17, 15) is 18.4 Å². The van der Waals surface area contributed by atoms with E-state index in [-0.39, 0.29) is 39.2 Å². The molecule has 1 amide bonds. The van der Waals surface area contributed by atoms with Gasteiger partial charge in [-0.25, -0.2) is 18.8 Å². The summed E-state index contributed by atoms with van der Waals surface area (Å²) in [4.78, 5) is 37.1. The minimum Gasteiger partial charge on any atom is -0.453 e. The summed E-state index contributed by atoms with van der Waals surface area (Å²) in [6, 6.07) is 20.0. The second kappa shape index (κ2) is 12.2. The van der Waals surface area contributed by atoms with E-state index < -0.39 is 23.0 Å². The summed E-state index contributed by atoms with van der Waals surface area (Å²) >= 11 is 6.46. The number of aliphatic imine (C=N–C) groups is 1. The number of aromatic nitrogens is 2. The van der Waals surface area contributed by atoms with Crippen LogP contribution in [0.2, 0.25) is 5.02 Å². The Hall–Kier alpha value is -4.72. The van der Waals surface area contributed by atoms with Crippen molar-refractivity contribution < 1.29 is 18.3 Å². The third-order valence-corrected chi connectivity index (χ3v) is 6.70. The van der Waals surface area contributed by atoms with Crippen LogP contribution in [0.1, 0.15) is 15.9 Å². The number of anilines is 1. The zero-order valence-electron chi connectivity index (χ0n) is 21.1. The second-order valence-corrected chi connectivity index (χ2v) is 9.55. The summed E-state index contributed by atoms with van der Waals surface area (Å²) in [5.41, 5.74) is 1.40. The molecule has 2 heterocycles. The van der Waals surface area contributed by atoms with E-state index in [1.807, 2.05) is 30.3 Å². The lowest BCUT2D eigenvalue weighted by atomic mass is 10.0. The maximum atomic E-state index is 15.0. The number of nitrogens with zero attached hydrogens (tertiary/aromatic N) is 2. The summed E-state index contributed by atoms with van der Waals surface area (Å²) < 4.78 is 33.9. The molecular weight excluding hydrogens is 569 g/mol. The van der Waals surface area contributed by atoms with E-state index in [2.05, 4.69) is 29.5 Å². The fourth-order valence-electron chi connectivity index (χ4n) is 3.84. The Bertz CT molecular complexity index is 1830. The molecule has 204 valence electrons. The van der Waals surface area contributed by atoms with Crippen molar-refractivity contribution in [3.63, 3.8) is 0 Å². The predicted molar refractivity (Wildman–Crippen MR) is 158 cm³/mol. The van der Waals surface area contributed by atoms with Crippen LogP contribution < -0.4 is 15.5 Å². The number of carbonyl (C=O) groups excluding carboxylic acids is 1. The van der Waals surface area contributed by atoms with Crippen LogP contribution in [-0.2, 0) is 0 Å². The third kappa shape index (κ3) is 6.38. The van der Waals surface area contributed by atoms with Crippen LogP contribution in [0.4, 0.5) is 20.3 Å². The summed E-state index contributed by atoms with van der Waals surface area (Å²) in [7, 11) is 2.53. The van der Waals surface area contributed by atoms with Gasteiger partial charge in [-0.2, -0.15) is 0 Å². The molecule has 2 N–H and O–H groups in total. The van der Waals surface area contributed by atoms with Gasteiger partial charge in [-0.1, -0.05) is 63.3 Å². The van der Waals surface area contributed by atoms with E-state index in [1.54, 1.807) is 0 Å². The summed E-state index contributed by atoms with van der Waals surface area (Å²) in [6.45, 7) is 0. The molecule has 11 heteroatoms. The summed E-state index contributed by atoms with van der Waals surface area (Å²) in [5.74, 6) is -1.83. The van der Waals surface area contributed by atoms with Crippen LogP contribution in [0.3, 0.4) is 0 Å². The molecule has 41 heavy (non-hydrogen) atoms. The summed E-state index contributed by atoms with van der Waals surface area (Å²) in [5, 5.41) is 2.59. The zero-order valence-corrected chi connectivity index (χ0v) is 23.0. The number of benzene rings is 3. The molecule has 0 saturated carbocycles. The number of aromatic amines is 1. The van der Waals surface area contributed by atoms with Crippen LogP contribution in [0, 0.1) is 11.6 Å². The normalized spacial score (nSPS) is 11.3. The fourth-order valence-corrected chi connectivity index (χ4v) is 4.34. The highest BCUT2D eigenvalue weighted by Gasteiger charge is 2.17. The molecule has 0 spiro atoms. The van der Waals surface area contributed by atoms with Crippen molar-refractivity contribution in [2.24, 2.45) is 4.99 Å². The largest absolute Gasteiger partial charge is 0.453 e. The molecule has 0 saturated heterocycles. The predicted octanol–water partition coefficient (Wildman–Crippen LogP) is 7.37. The smallest absolute Gasteiger partial charge is 0.261 e. The lowest BCUT2D eigenvalue weighted by Crippen LogP contribution is -2.22. The van der Waals surface area contributed by atoms with Gasteiger partial charge in [0.1, 0.15) is 16.4 Å². The van der Waals surface area contributed by atoms with Crippen LogP contribution in [0.25, 0.3) is 11.1 Å². The van der Waals surface area contributed by atoms with Crippen molar-refractivity contribution in [2.75, 3.05) is 5.32 Å². The van der Waals surface area contributed by atoms with Crippen molar-refractivity contribution in [1.29, 1.82) is 0 Å². The summed E-state index contributed by atoms with van der Waals surface area (Å²) in [6.07, 6.45) is 4.09. The van der Waals surface area contributed by atoms with Gasteiger partial charge in [-0.15, -0.1) is 0 Å². The fraction of sp³-hybridized carbons (Fsp3) is 0. The Balaban J connectivity index is 1.33. The molecule has 7 nitrogen and oxygen atoms in total. The number of hydrogen-bond donors (Lipinski definition) is 2. The lowest BCUT2D eigenvalue weighted by molar-refractivity contribution is 0.102. The number of halogens is 3. The molecule has 0 radical (unpaired) electrons. The number of amides is 1. The highest BCUT2D eigenvalue weighted by Crippen LogP contribution is 2.37. The molecule has 0 aliphatic carbocycles. The van der Waals surface area contributed by atoms with Gasteiger partial charge in [0, 0.05) is 42.0 Å². The number of pyridine rings is 2. The first-order valence-electron chi connectivity index (χ1n) is 12.1. The number of nitrogens with one attached hydrogen (secondary N) is 2. The first-order chi connectivity index (χ1) is 19.8. The highest BCUT2D eigenvalue weighted by atomic mass is 35.5. The third-order valence-electron chi connectivity index (χ3n) is 5.89. The molecule has 0 fully saturated rings. The van der Waals surface area contributed by atoms with Crippen molar-refractivity contribution in [3.05, 3.63) is 135 Å². The Morgan fingerprint density at radius 1 is 0.976 bits per heavy atom. The first-order valence-corrected chi connectivity index (χ1v) is 13.1. The van der Waals surface area contributed by atoms with Crippen LogP contribution in [0.5, 0.6) is 11.5 Å². The average Bonchev–Trinajstić information content (AvgIpc) is 2.97. The number of ether oxygens (including phenoxy) is 1. The van der Waals surface area contributed by atoms with E-state index in [0.717, 1.165) is 11.6 Å². The molecular formula is C30H20ClF2N4O3P. The van der Waals surface area contributed by atoms with Crippen molar-refractivity contribution in [3.8, 4) is 22.6 Å². The Labute approximate surface area is 240 Å². The van der Waals surface area contributed by atoms with E-state index in [0.29, 0.717) is 11.0 Å². The minimum atomic E-state index is -0.786. The zero-order chi connectivity index (χ0) is 28.9. The highest BCUT2D eigenvalue weighted by molar-refractivity contribution is 7.42. The standard InChI is InChI=1S/C30H20ClF2N4O3P/c31-26-25(12-13-35-28(26)37-30(41)18-4-2-1-3-5-18)40-24-11-10-20(14-23(24)33)36-29(39)22-16-34-15-21(27(22)38)17-6-8-19(32)9-7-17/h1-16H,41H2,(H,34,38)(H,36,39). The first kappa shape index (κ1) is 27.8. The van der Waals surface area contributed by atoms with Crippen LogP contribution >= 0.6 is 20.8 Å². The van der Waals surface area contributed by atoms with Gasteiger partial charge >= 0.3 is 0 Å². The SMILES string of the molecule is O=C(Nc1ccc(Oc2ccnc(N=C(P)c3ccccc3)c2Cl)c(F)c1)c1c[nH]cc(-c2ccc(F)cc2)c1=O. The van der Waals surface area contributed by atoms with Crippen LogP contribution in [0.15, 0.2) is 107 Å².